The third kappa shape index (κ3) is 3.75. The van der Waals surface area contributed by atoms with Crippen LogP contribution in [0, 0.1) is 0 Å². The first-order valence-electron chi connectivity index (χ1n) is 10.9. The molecule has 1 atom stereocenters. The summed E-state index contributed by atoms with van der Waals surface area (Å²) in [6, 6.07) is 25.9. The molecule has 1 aliphatic heterocycles. The third-order valence-electron chi connectivity index (χ3n) is 6.05. The molecular formula is C27H23ClN3O2S+. The Morgan fingerprint density at radius 1 is 1.00 bits per heavy atom. The van der Waals surface area contributed by atoms with Gasteiger partial charge in [0, 0.05) is 16.3 Å². The molecule has 0 bridgehead atoms. The highest BCUT2D eigenvalue weighted by atomic mass is 35.5. The Balaban J connectivity index is 1.71. The fraction of sp³-hybridized carbons (Fsp3) is 0.111. The Labute approximate surface area is 207 Å². The van der Waals surface area contributed by atoms with Crippen molar-refractivity contribution in [3.8, 4) is 16.3 Å². The van der Waals surface area contributed by atoms with Crippen molar-refractivity contribution in [2.24, 2.45) is 0 Å². The first-order chi connectivity index (χ1) is 16.5. The molecule has 3 aromatic carbocycles. The number of halogens is 1. The number of amides is 1. The van der Waals surface area contributed by atoms with E-state index in [1.165, 1.54) is 11.3 Å². The largest absolute Gasteiger partial charge is 0.477 e. The van der Waals surface area contributed by atoms with Crippen LogP contribution in [0.2, 0.25) is 5.02 Å². The van der Waals surface area contributed by atoms with E-state index in [9.17, 15) is 9.90 Å². The first-order valence-corrected chi connectivity index (χ1v) is 12.0. The number of carbonyl (C=O) groups excluding carboxylic acids is 1. The van der Waals surface area contributed by atoms with Crippen LogP contribution in [0.1, 0.15) is 18.5 Å². The van der Waals surface area contributed by atoms with Gasteiger partial charge in [0.25, 0.3) is 5.91 Å². The molecule has 2 heterocycles. The van der Waals surface area contributed by atoms with E-state index in [4.69, 9.17) is 11.6 Å². The van der Waals surface area contributed by atoms with E-state index in [-0.39, 0.29) is 11.8 Å². The second-order valence-corrected chi connectivity index (χ2v) is 9.46. The average molecular weight is 489 g/mol. The predicted molar refractivity (Wildman–Crippen MR) is 137 cm³/mol. The quantitative estimate of drug-likeness (QED) is 0.346. The highest BCUT2D eigenvalue weighted by Crippen LogP contribution is 2.45. The summed E-state index contributed by atoms with van der Waals surface area (Å²) in [6.07, 6.45) is 0. The van der Waals surface area contributed by atoms with Crippen molar-refractivity contribution in [2.45, 2.75) is 13.0 Å². The zero-order chi connectivity index (χ0) is 23.8. The third-order valence-corrected chi connectivity index (χ3v) is 7.67. The summed E-state index contributed by atoms with van der Waals surface area (Å²) in [5.74, 6) is -0.147. The number of para-hydroxylation sites is 1. The number of thiazole rings is 1. The molecule has 1 aliphatic rings. The molecule has 1 aromatic heterocycles. The molecule has 4 aromatic rings. The fourth-order valence-corrected chi connectivity index (χ4v) is 5.71. The molecule has 0 fully saturated rings. The van der Waals surface area contributed by atoms with E-state index in [0.717, 1.165) is 26.8 Å². The normalized spacial score (nSPS) is 15.3. The lowest BCUT2D eigenvalue weighted by molar-refractivity contribution is -0.695. The van der Waals surface area contributed by atoms with Gasteiger partial charge in [0.15, 0.2) is 6.04 Å². The number of aromatic nitrogens is 1. The Bertz CT molecular complexity index is 1400. The number of aromatic hydroxyl groups is 1. The Morgan fingerprint density at radius 3 is 2.29 bits per heavy atom. The lowest BCUT2D eigenvalue weighted by atomic mass is 9.94. The van der Waals surface area contributed by atoms with Gasteiger partial charge in [-0.05, 0) is 42.0 Å². The van der Waals surface area contributed by atoms with Gasteiger partial charge in [-0.2, -0.15) is 4.57 Å². The Kier molecular flexibility index (Phi) is 5.86. The molecule has 170 valence electrons. The van der Waals surface area contributed by atoms with Crippen LogP contribution in [0.3, 0.4) is 0 Å². The van der Waals surface area contributed by atoms with Gasteiger partial charge < -0.3 is 10.4 Å². The SMILES string of the molecule is CC1=C(C(=O)Nc2ccccc2)C(c2ccccc2Cl)[n+]2c(sc(-c3ccccc3)c2O)N1C. The maximum absolute atomic E-state index is 13.7. The average Bonchev–Trinajstić information content (AvgIpc) is 3.20. The number of nitrogens with one attached hydrogen (secondary N) is 1. The van der Waals surface area contributed by atoms with Gasteiger partial charge in [-0.25, -0.2) is 4.90 Å². The van der Waals surface area contributed by atoms with Crippen molar-refractivity contribution >= 4 is 39.7 Å². The molecule has 7 heteroatoms. The smallest absolute Gasteiger partial charge is 0.345 e. The summed E-state index contributed by atoms with van der Waals surface area (Å²) in [5, 5.41) is 15.8. The lowest BCUT2D eigenvalue weighted by Crippen LogP contribution is -2.50. The van der Waals surface area contributed by atoms with Gasteiger partial charge in [0.05, 0.1) is 7.05 Å². The number of benzene rings is 3. The van der Waals surface area contributed by atoms with Crippen LogP contribution in [0.5, 0.6) is 5.88 Å². The lowest BCUT2D eigenvalue weighted by Gasteiger charge is -2.28. The Morgan fingerprint density at radius 2 is 1.62 bits per heavy atom. The van der Waals surface area contributed by atoms with Crippen molar-refractivity contribution in [2.75, 3.05) is 17.3 Å². The van der Waals surface area contributed by atoms with Crippen LogP contribution >= 0.6 is 22.9 Å². The Hall–Kier alpha value is -3.61. The number of nitrogens with zero attached hydrogens (tertiary/aromatic N) is 2. The highest BCUT2D eigenvalue weighted by Gasteiger charge is 2.45. The van der Waals surface area contributed by atoms with Gasteiger partial charge in [-0.1, -0.05) is 78.3 Å². The summed E-state index contributed by atoms with van der Waals surface area (Å²) in [6.45, 7) is 1.92. The summed E-state index contributed by atoms with van der Waals surface area (Å²) < 4.78 is 1.81. The van der Waals surface area contributed by atoms with E-state index in [0.29, 0.717) is 16.3 Å². The summed E-state index contributed by atoms with van der Waals surface area (Å²) in [7, 11) is 1.91. The van der Waals surface area contributed by atoms with Crippen LogP contribution < -0.4 is 14.8 Å². The minimum absolute atomic E-state index is 0.0977. The molecular weight excluding hydrogens is 466 g/mol. The van der Waals surface area contributed by atoms with E-state index >= 15 is 0 Å². The van der Waals surface area contributed by atoms with E-state index in [2.05, 4.69) is 5.32 Å². The molecule has 0 spiro atoms. The molecule has 0 saturated carbocycles. The molecule has 2 N–H and O–H groups in total. The van der Waals surface area contributed by atoms with Crippen LogP contribution in [0.4, 0.5) is 10.8 Å². The van der Waals surface area contributed by atoms with Gasteiger partial charge in [0.2, 0.25) is 0 Å². The van der Waals surface area contributed by atoms with E-state index in [1.807, 2.05) is 97.7 Å². The topological polar surface area (TPSA) is 56.5 Å². The minimum atomic E-state index is -0.600. The van der Waals surface area contributed by atoms with Crippen molar-refractivity contribution in [3.63, 3.8) is 0 Å². The van der Waals surface area contributed by atoms with Crippen LogP contribution in [-0.4, -0.2) is 18.1 Å². The number of rotatable bonds is 4. The van der Waals surface area contributed by atoms with Crippen LogP contribution in [0.25, 0.3) is 10.4 Å². The molecule has 1 unspecified atom stereocenters. The zero-order valence-corrected chi connectivity index (χ0v) is 20.3. The maximum Gasteiger partial charge on any atom is 0.345 e. The van der Waals surface area contributed by atoms with Gasteiger partial charge in [-0.15, -0.1) is 0 Å². The number of allylic oxidation sites excluding steroid dienone is 1. The molecule has 5 rings (SSSR count). The monoisotopic (exact) mass is 488 g/mol. The van der Waals surface area contributed by atoms with Crippen LogP contribution in [0.15, 0.2) is 96.2 Å². The highest BCUT2D eigenvalue weighted by molar-refractivity contribution is 7.18. The molecule has 0 saturated heterocycles. The minimum Gasteiger partial charge on any atom is -0.477 e. The van der Waals surface area contributed by atoms with Crippen LogP contribution in [-0.2, 0) is 4.79 Å². The second-order valence-electron chi connectivity index (χ2n) is 8.08. The summed E-state index contributed by atoms with van der Waals surface area (Å²) >= 11 is 8.13. The number of hydrogen-bond acceptors (Lipinski definition) is 4. The molecule has 34 heavy (non-hydrogen) atoms. The molecule has 0 aliphatic carbocycles. The number of anilines is 2. The number of hydrogen-bond donors (Lipinski definition) is 2. The first kappa shape index (κ1) is 22.2. The van der Waals surface area contributed by atoms with E-state index in [1.54, 1.807) is 10.6 Å². The molecule has 5 nitrogen and oxygen atoms in total. The molecule has 1 amide bonds. The summed E-state index contributed by atoms with van der Waals surface area (Å²) in [4.78, 5) is 16.4. The van der Waals surface area contributed by atoms with Crippen molar-refractivity contribution in [1.82, 2.24) is 0 Å². The standard InChI is InChI=1S/C27H22ClN3O2S/c1-17-22(25(32)29-19-13-7-4-8-14-19)23(20-15-9-10-16-21(20)28)31-26(33)24(34-27(31)30(17)2)18-11-5-3-6-12-18/h3-16,23H,1-2H3,(H-,29,32,33)/p+1. The van der Waals surface area contributed by atoms with Crippen molar-refractivity contribution in [3.05, 3.63) is 107 Å². The predicted octanol–water partition coefficient (Wildman–Crippen LogP) is 6.01. The van der Waals surface area contributed by atoms with Crippen molar-refractivity contribution in [1.29, 1.82) is 0 Å². The second kappa shape index (κ2) is 8.97. The van der Waals surface area contributed by atoms with Gasteiger partial charge in [-0.3, -0.25) is 4.79 Å². The maximum atomic E-state index is 13.7. The number of carbonyl (C=O) groups is 1. The van der Waals surface area contributed by atoms with Crippen molar-refractivity contribution < 1.29 is 14.5 Å². The summed E-state index contributed by atoms with van der Waals surface area (Å²) in [5.41, 5.74) is 3.66. The zero-order valence-electron chi connectivity index (χ0n) is 18.7. The molecule has 0 radical (unpaired) electrons. The number of fused-ring (bicyclic) bond motifs is 1. The van der Waals surface area contributed by atoms with E-state index < -0.39 is 6.04 Å². The van der Waals surface area contributed by atoms with Gasteiger partial charge >= 0.3 is 11.0 Å². The fourth-order valence-electron chi connectivity index (χ4n) is 4.28. The van der Waals surface area contributed by atoms with Gasteiger partial charge in [0.1, 0.15) is 16.1 Å².